The third-order valence-corrected chi connectivity index (χ3v) is 12.1. The van der Waals surface area contributed by atoms with Crippen molar-refractivity contribution in [2.45, 2.75) is 0 Å². The average molecular weight is 717 g/mol. The number of benzene rings is 7. The second-order valence-electron chi connectivity index (χ2n) is 14.8. The van der Waals surface area contributed by atoms with E-state index in [4.69, 9.17) is 4.98 Å². The Balaban J connectivity index is 1.24. The zero-order chi connectivity index (χ0) is 37.2. The van der Waals surface area contributed by atoms with Gasteiger partial charge in [-0.3, -0.25) is 4.57 Å². The van der Waals surface area contributed by atoms with Gasteiger partial charge in [-0.05, 0) is 48.0 Å². The van der Waals surface area contributed by atoms with Crippen LogP contribution in [0.15, 0.2) is 158 Å². The van der Waals surface area contributed by atoms with Crippen molar-refractivity contribution in [3.8, 4) is 28.7 Å². The van der Waals surface area contributed by atoms with Crippen LogP contribution >= 0.6 is 0 Å². The van der Waals surface area contributed by atoms with Crippen molar-refractivity contribution in [1.29, 1.82) is 5.26 Å². The number of hydrogen-bond acceptors (Lipinski definition) is 2. The van der Waals surface area contributed by atoms with E-state index in [1.807, 2.05) is 12.1 Å². The molecule has 0 bridgehead atoms. The second-order valence-corrected chi connectivity index (χ2v) is 14.8. The van der Waals surface area contributed by atoms with Crippen LogP contribution < -0.4 is 0 Å². The van der Waals surface area contributed by atoms with Gasteiger partial charge in [0.1, 0.15) is 5.82 Å². The first-order valence-corrected chi connectivity index (χ1v) is 18.9. The third-order valence-electron chi connectivity index (χ3n) is 12.1. The molecule has 12 aromatic rings. The Labute approximate surface area is 320 Å². The van der Waals surface area contributed by atoms with Gasteiger partial charge in [0.05, 0.1) is 56.6 Å². The van der Waals surface area contributed by atoms with Crippen molar-refractivity contribution < 1.29 is 0 Å². The zero-order valence-electron chi connectivity index (χ0n) is 30.7. The minimum Gasteiger partial charge on any atom is -0.342 e. The number of hydrogen-bond donors (Lipinski definition) is 0. The fraction of sp³-hybridized carbons (Fsp3) is 0.0400. The molecule has 5 aromatic heterocycles. The highest BCUT2D eigenvalue weighted by Gasteiger charge is 2.24. The number of rotatable bonds is 3. The SMILES string of the molecule is Cn1c2ccccc2c2ccc3c4ccccc4n(-c4cc(-c5ccc(C#N)cc5)c(-n5c6ccccc6c6ccc7c8ccccc8n(C)c7c65)cn4)c3c21. The number of nitriles is 1. The van der Waals surface area contributed by atoms with Crippen LogP contribution in [0.4, 0.5) is 0 Å². The van der Waals surface area contributed by atoms with Crippen molar-refractivity contribution in [3.63, 3.8) is 0 Å². The zero-order valence-corrected chi connectivity index (χ0v) is 30.7. The Morgan fingerprint density at radius 2 is 0.875 bits per heavy atom. The molecule has 56 heavy (non-hydrogen) atoms. The Morgan fingerprint density at radius 1 is 0.446 bits per heavy atom. The van der Waals surface area contributed by atoms with Crippen LogP contribution in [-0.4, -0.2) is 23.3 Å². The minimum absolute atomic E-state index is 0.624. The Kier molecular flexibility index (Phi) is 6.16. The Morgan fingerprint density at radius 3 is 1.39 bits per heavy atom. The smallest absolute Gasteiger partial charge is 0.138 e. The first-order valence-electron chi connectivity index (χ1n) is 18.9. The Bertz CT molecular complexity index is 3680. The molecule has 6 heteroatoms. The largest absolute Gasteiger partial charge is 0.342 e. The van der Waals surface area contributed by atoms with Crippen LogP contribution in [0.5, 0.6) is 0 Å². The maximum Gasteiger partial charge on any atom is 0.138 e. The van der Waals surface area contributed by atoms with E-state index in [1.165, 1.54) is 65.2 Å². The molecule has 6 nitrogen and oxygen atoms in total. The number of aromatic nitrogens is 5. The van der Waals surface area contributed by atoms with Crippen molar-refractivity contribution in [2.75, 3.05) is 0 Å². The van der Waals surface area contributed by atoms with E-state index >= 15 is 0 Å². The molecule has 0 spiro atoms. The molecule has 0 atom stereocenters. The molecule has 0 aliphatic rings. The lowest BCUT2D eigenvalue weighted by molar-refractivity contribution is 1.00. The van der Waals surface area contributed by atoms with E-state index in [9.17, 15) is 5.26 Å². The fourth-order valence-electron chi connectivity index (χ4n) is 9.60. The minimum atomic E-state index is 0.624. The van der Waals surface area contributed by atoms with Gasteiger partial charge < -0.3 is 13.7 Å². The van der Waals surface area contributed by atoms with Gasteiger partial charge >= 0.3 is 0 Å². The van der Waals surface area contributed by atoms with Gasteiger partial charge in [-0.1, -0.05) is 109 Å². The average Bonchev–Trinajstić information content (AvgIpc) is 3.96. The van der Waals surface area contributed by atoms with E-state index in [1.54, 1.807) is 0 Å². The van der Waals surface area contributed by atoms with Crippen LogP contribution in [-0.2, 0) is 14.1 Å². The van der Waals surface area contributed by atoms with Gasteiger partial charge in [0.2, 0.25) is 0 Å². The van der Waals surface area contributed by atoms with E-state index in [-0.39, 0.29) is 0 Å². The molecule has 0 saturated carbocycles. The lowest BCUT2D eigenvalue weighted by Crippen LogP contribution is -2.04. The van der Waals surface area contributed by atoms with Crippen molar-refractivity contribution in [3.05, 3.63) is 163 Å². The maximum absolute atomic E-state index is 9.79. The molecule has 262 valence electrons. The molecule has 0 amide bonds. The monoisotopic (exact) mass is 716 g/mol. The van der Waals surface area contributed by atoms with E-state index in [0.29, 0.717) is 5.56 Å². The molecule has 0 unspecified atom stereocenters. The normalized spacial score (nSPS) is 12.1. The van der Waals surface area contributed by atoms with Crippen molar-refractivity contribution >= 4 is 87.2 Å². The summed E-state index contributed by atoms with van der Waals surface area (Å²) in [6.45, 7) is 0. The molecular formula is C50H32N6. The summed E-state index contributed by atoms with van der Waals surface area (Å²) in [5.41, 5.74) is 12.8. The van der Waals surface area contributed by atoms with Crippen LogP contribution in [0.2, 0.25) is 0 Å². The summed E-state index contributed by atoms with van der Waals surface area (Å²) in [7, 11) is 4.34. The summed E-state index contributed by atoms with van der Waals surface area (Å²) in [6, 6.07) is 56.2. The predicted octanol–water partition coefficient (Wildman–Crippen LogP) is 12.1. The van der Waals surface area contributed by atoms with Crippen LogP contribution in [0.3, 0.4) is 0 Å². The van der Waals surface area contributed by atoms with Crippen LogP contribution in [0.25, 0.3) is 110 Å². The maximum atomic E-state index is 9.79. The fourth-order valence-corrected chi connectivity index (χ4v) is 9.60. The van der Waals surface area contributed by atoms with Crippen LogP contribution in [0.1, 0.15) is 5.56 Å². The van der Waals surface area contributed by atoms with Gasteiger partial charge in [0.25, 0.3) is 0 Å². The number of pyridine rings is 1. The number of para-hydroxylation sites is 4. The molecule has 0 fully saturated rings. The van der Waals surface area contributed by atoms with Crippen molar-refractivity contribution in [1.82, 2.24) is 23.3 Å². The topological polar surface area (TPSA) is 56.4 Å². The molecule has 0 radical (unpaired) electrons. The molecular weight excluding hydrogens is 685 g/mol. The lowest BCUT2D eigenvalue weighted by Gasteiger charge is -2.17. The number of fused-ring (bicyclic) bond motifs is 14. The third kappa shape index (κ3) is 3.96. The quantitative estimate of drug-likeness (QED) is 0.183. The van der Waals surface area contributed by atoms with Crippen molar-refractivity contribution in [2.24, 2.45) is 14.1 Å². The summed E-state index contributed by atoms with van der Waals surface area (Å²) in [6.07, 6.45) is 2.05. The van der Waals surface area contributed by atoms with Gasteiger partial charge in [0.15, 0.2) is 0 Å². The Hall–Kier alpha value is -7.62. The lowest BCUT2D eigenvalue weighted by atomic mass is 10.0. The molecule has 12 rings (SSSR count). The highest BCUT2D eigenvalue weighted by Crippen LogP contribution is 2.44. The van der Waals surface area contributed by atoms with E-state index in [0.717, 1.165) is 44.7 Å². The van der Waals surface area contributed by atoms with Crippen LogP contribution in [0, 0.1) is 11.3 Å². The summed E-state index contributed by atoms with van der Waals surface area (Å²) >= 11 is 0. The molecule has 7 aromatic carbocycles. The standard InChI is InChI=1S/C50H32N6/c1-53-41-15-7-3-11-32(41)36-23-25-38-34-13-5-9-17-43(34)55(49(38)47(36)53)45-29-52-46(27-40(45)31-21-19-30(28-51)20-22-31)56-44-18-10-6-14-35(44)39-26-24-37-33-12-4-8-16-42(33)54(2)48(37)50(39)56/h3-27,29H,1-2H3. The molecule has 0 aliphatic carbocycles. The highest BCUT2D eigenvalue weighted by atomic mass is 15.1. The summed E-state index contributed by atoms with van der Waals surface area (Å²) < 4.78 is 9.41. The number of nitrogens with zero attached hydrogens (tertiary/aromatic N) is 6. The van der Waals surface area contributed by atoms with Gasteiger partial charge in [-0.15, -0.1) is 0 Å². The van der Waals surface area contributed by atoms with Gasteiger partial charge in [-0.25, -0.2) is 4.98 Å². The summed E-state index contributed by atoms with van der Waals surface area (Å²) in [4.78, 5) is 5.42. The first-order chi connectivity index (χ1) is 27.6. The number of aryl methyl sites for hydroxylation is 2. The van der Waals surface area contributed by atoms with Gasteiger partial charge in [0, 0.05) is 73.8 Å². The van der Waals surface area contributed by atoms with E-state index < -0.39 is 0 Å². The molecule has 5 heterocycles. The first kappa shape index (κ1) is 30.8. The molecule has 0 aliphatic heterocycles. The molecule has 0 N–H and O–H groups in total. The second kappa shape index (κ2) is 11.2. The summed E-state index contributed by atoms with van der Waals surface area (Å²) in [5, 5.41) is 19.4. The van der Waals surface area contributed by atoms with Gasteiger partial charge in [-0.2, -0.15) is 5.26 Å². The predicted molar refractivity (Wildman–Crippen MR) is 231 cm³/mol. The summed E-state index contributed by atoms with van der Waals surface area (Å²) in [5.74, 6) is 0.826. The van der Waals surface area contributed by atoms with E-state index in [2.05, 4.69) is 184 Å². The molecule has 0 saturated heterocycles. The highest BCUT2D eigenvalue weighted by molar-refractivity contribution is 6.24.